The van der Waals surface area contributed by atoms with Gasteiger partial charge in [-0.1, -0.05) is 44.6 Å². The van der Waals surface area contributed by atoms with E-state index in [0.717, 1.165) is 35.2 Å². The third-order valence-corrected chi connectivity index (χ3v) is 5.12. The first kappa shape index (κ1) is 22.4. The molecule has 4 nitrogen and oxygen atoms in total. The minimum Gasteiger partial charge on any atom is -0.491 e. The summed E-state index contributed by atoms with van der Waals surface area (Å²) in [5, 5.41) is 1.05. The average Bonchev–Trinajstić information content (AvgIpc) is 2.74. The summed E-state index contributed by atoms with van der Waals surface area (Å²) in [6.07, 6.45) is 6.77. The molecular weight excluding hydrogens is 381 g/mol. The maximum atomic E-state index is 11.9. The van der Waals surface area contributed by atoms with Crippen LogP contribution in [0, 0.1) is 5.41 Å². The monoisotopic (exact) mass is 413 g/mol. The van der Waals surface area contributed by atoms with E-state index in [1.807, 2.05) is 18.2 Å². The molecule has 162 valence electrons. The third kappa shape index (κ3) is 6.38. The van der Waals surface area contributed by atoms with E-state index < -0.39 is 6.67 Å². The van der Waals surface area contributed by atoms with Gasteiger partial charge in [0.25, 0.3) is 0 Å². The van der Waals surface area contributed by atoms with Crippen molar-refractivity contribution in [2.24, 2.45) is 5.41 Å². The van der Waals surface area contributed by atoms with E-state index in [4.69, 9.17) is 19.2 Å². The van der Waals surface area contributed by atoms with Gasteiger partial charge in [0.15, 0.2) is 0 Å². The molecule has 0 unspecified atom stereocenters. The molecule has 0 aliphatic heterocycles. The molecule has 2 aromatic rings. The van der Waals surface area contributed by atoms with Crippen LogP contribution in [0.25, 0.3) is 16.5 Å². The van der Waals surface area contributed by atoms with Crippen LogP contribution < -0.4 is 4.74 Å². The van der Waals surface area contributed by atoms with Crippen molar-refractivity contribution in [1.29, 1.82) is 0 Å². The van der Waals surface area contributed by atoms with Crippen LogP contribution in [-0.2, 0) is 9.47 Å². The van der Waals surface area contributed by atoms with Crippen LogP contribution in [0.5, 0.6) is 5.75 Å². The molecule has 0 spiro atoms. The smallest absolute Gasteiger partial charge is 0.120 e. The van der Waals surface area contributed by atoms with Crippen molar-refractivity contribution < 1.29 is 18.6 Å². The Kier molecular flexibility index (Phi) is 8.00. The molecule has 0 fully saturated rings. The summed E-state index contributed by atoms with van der Waals surface area (Å²) in [6, 6.07) is 10.1. The highest BCUT2D eigenvalue weighted by molar-refractivity contribution is 5.84. The number of fused-ring (bicyclic) bond motifs is 1. The van der Waals surface area contributed by atoms with Crippen molar-refractivity contribution in [2.45, 2.75) is 33.6 Å². The molecule has 3 rings (SSSR count). The van der Waals surface area contributed by atoms with Crippen molar-refractivity contribution in [3.8, 4) is 5.75 Å². The number of pyridine rings is 1. The first-order chi connectivity index (χ1) is 14.5. The number of allylic oxidation sites excluding steroid dienone is 4. The Morgan fingerprint density at radius 1 is 0.967 bits per heavy atom. The summed E-state index contributed by atoms with van der Waals surface area (Å²) >= 11 is 0. The second-order valence-corrected chi connectivity index (χ2v) is 8.43. The number of halogens is 1. The van der Waals surface area contributed by atoms with Gasteiger partial charge in [0.05, 0.1) is 37.6 Å². The largest absolute Gasteiger partial charge is 0.491 e. The number of nitrogens with zero attached hydrogens (tertiary/aromatic N) is 1. The second-order valence-electron chi connectivity index (χ2n) is 8.43. The number of benzene rings is 1. The Hall–Kier alpha value is -2.24. The van der Waals surface area contributed by atoms with E-state index in [1.165, 1.54) is 11.1 Å². The van der Waals surface area contributed by atoms with Crippen molar-refractivity contribution in [1.82, 2.24) is 4.98 Å². The number of alkyl halides is 1. The van der Waals surface area contributed by atoms with Gasteiger partial charge < -0.3 is 14.2 Å². The van der Waals surface area contributed by atoms with E-state index in [9.17, 15) is 4.39 Å². The van der Waals surface area contributed by atoms with Crippen molar-refractivity contribution in [2.75, 3.05) is 39.7 Å². The van der Waals surface area contributed by atoms with Gasteiger partial charge in [-0.2, -0.15) is 0 Å². The Balaban J connectivity index is 1.57. The molecule has 0 radical (unpaired) electrons. The van der Waals surface area contributed by atoms with Gasteiger partial charge >= 0.3 is 0 Å². The molecule has 1 heterocycles. The quantitative estimate of drug-likeness (QED) is 0.464. The van der Waals surface area contributed by atoms with Crippen LogP contribution >= 0.6 is 0 Å². The lowest BCUT2D eigenvalue weighted by Gasteiger charge is -2.26. The summed E-state index contributed by atoms with van der Waals surface area (Å²) in [4.78, 5) is 4.87. The lowest BCUT2D eigenvalue weighted by atomic mass is 9.80. The first-order valence-corrected chi connectivity index (χ1v) is 10.6. The molecule has 0 amide bonds. The number of aromatic nitrogens is 1. The zero-order valence-corrected chi connectivity index (χ0v) is 18.2. The number of rotatable bonds is 10. The number of hydrogen-bond donors (Lipinski definition) is 0. The van der Waals surface area contributed by atoms with Crippen molar-refractivity contribution >= 4 is 16.5 Å². The standard InChI is InChI=1S/C25H32FNO3/c1-25(2,3)21-6-4-5-19(17-21)23-9-7-20-18-22(8-10-24(20)27-23)30-16-15-29-14-13-28-12-11-26/h5,7-10,17-18H,4,6,11-16H2,1-3H3. The van der Waals surface area contributed by atoms with Crippen LogP contribution in [0.2, 0.25) is 0 Å². The fourth-order valence-corrected chi connectivity index (χ4v) is 3.42. The summed E-state index contributed by atoms with van der Waals surface area (Å²) in [7, 11) is 0. The van der Waals surface area contributed by atoms with E-state index in [-0.39, 0.29) is 12.0 Å². The van der Waals surface area contributed by atoms with Crippen LogP contribution in [0.15, 0.2) is 48.1 Å². The molecule has 1 aliphatic rings. The van der Waals surface area contributed by atoms with Crippen LogP contribution in [-0.4, -0.2) is 44.7 Å². The normalized spacial score (nSPS) is 14.5. The van der Waals surface area contributed by atoms with Gasteiger partial charge in [-0.15, -0.1) is 0 Å². The Morgan fingerprint density at radius 3 is 2.50 bits per heavy atom. The molecule has 30 heavy (non-hydrogen) atoms. The van der Waals surface area contributed by atoms with Crippen LogP contribution in [0.4, 0.5) is 4.39 Å². The maximum Gasteiger partial charge on any atom is 0.120 e. The highest BCUT2D eigenvalue weighted by Crippen LogP contribution is 2.35. The fourth-order valence-electron chi connectivity index (χ4n) is 3.42. The van der Waals surface area contributed by atoms with Crippen molar-refractivity contribution in [3.63, 3.8) is 0 Å². The predicted molar refractivity (Wildman–Crippen MR) is 120 cm³/mol. The molecule has 1 aromatic carbocycles. The molecule has 0 saturated carbocycles. The summed E-state index contributed by atoms with van der Waals surface area (Å²) in [6.45, 7) is 8.21. The zero-order chi connectivity index (χ0) is 21.4. The lowest BCUT2D eigenvalue weighted by Crippen LogP contribution is -2.11. The first-order valence-electron chi connectivity index (χ1n) is 10.6. The van der Waals surface area contributed by atoms with E-state index >= 15 is 0 Å². The topological polar surface area (TPSA) is 40.6 Å². The minimum absolute atomic E-state index is 0.123. The molecule has 5 heteroatoms. The summed E-state index contributed by atoms with van der Waals surface area (Å²) < 4.78 is 28.1. The van der Waals surface area contributed by atoms with Crippen LogP contribution in [0.1, 0.15) is 39.3 Å². The highest BCUT2D eigenvalue weighted by Gasteiger charge is 2.19. The molecule has 0 N–H and O–H groups in total. The lowest BCUT2D eigenvalue weighted by molar-refractivity contribution is 0.0325. The summed E-state index contributed by atoms with van der Waals surface area (Å²) in [5.41, 5.74) is 4.84. The van der Waals surface area contributed by atoms with E-state index in [2.05, 4.69) is 45.1 Å². The third-order valence-electron chi connectivity index (χ3n) is 5.12. The molecule has 0 bridgehead atoms. The predicted octanol–water partition coefficient (Wildman–Crippen LogP) is 5.77. The van der Waals surface area contributed by atoms with Gasteiger partial charge in [-0.3, -0.25) is 0 Å². The molecule has 1 aromatic heterocycles. The molecular formula is C25H32FNO3. The Bertz CT molecular complexity index is 899. The fraction of sp³-hybridized carbons (Fsp3) is 0.480. The second kappa shape index (κ2) is 10.7. The van der Waals surface area contributed by atoms with Gasteiger partial charge in [0.2, 0.25) is 0 Å². The van der Waals surface area contributed by atoms with Crippen LogP contribution in [0.3, 0.4) is 0 Å². The minimum atomic E-state index is -0.465. The maximum absolute atomic E-state index is 11.9. The molecule has 0 saturated heterocycles. The summed E-state index contributed by atoms with van der Waals surface area (Å²) in [5.74, 6) is 0.793. The Morgan fingerprint density at radius 2 is 1.73 bits per heavy atom. The highest BCUT2D eigenvalue weighted by atomic mass is 19.1. The van der Waals surface area contributed by atoms with Crippen molar-refractivity contribution in [3.05, 3.63) is 53.8 Å². The SMILES string of the molecule is CC(C)(C)C1=CC(c2ccc3cc(OCCOCCOCCF)ccc3n2)=CCC1. The molecule has 1 aliphatic carbocycles. The molecule has 0 atom stereocenters. The van der Waals surface area contributed by atoms with E-state index in [0.29, 0.717) is 26.4 Å². The average molecular weight is 414 g/mol. The number of ether oxygens (including phenoxy) is 3. The van der Waals surface area contributed by atoms with Gasteiger partial charge in [0.1, 0.15) is 19.0 Å². The number of hydrogen-bond acceptors (Lipinski definition) is 4. The van der Waals surface area contributed by atoms with Gasteiger partial charge in [-0.25, -0.2) is 9.37 Å². The van der Waals surface area contributed by atoms with Gasteiger partial charge in [-0.05, 0) is 48.1 Å². The van der Waals surface area contributed by atoms with E-state index in [1.54, 1.807) is 0 Å². The Labute approximate surface area is 178 Å². The zero-order valence-electron chi connectivity index (χ0n) is 18.2. The van der Waals surface area contributed by atoms with Gasteiger partial charge in [0, 0.05) is 5.39 Å².